The Morgan fingerprint density at radius 3 is 2.42 bits per heavy atom. The number of allylic oxidation sites excluding steroid dienone is 3. The molecule has 6 heteroatoms. The summed E-state index contributed by atoms with van der Waals surface area (Å²) < 4.78 is 16.7. The molecule has 138 valence electrons. The predicted molar refractivity (Wildman–Crippen MR) is 97.9 cm³/mol. The van der Waals surface area contributed by atoms with Crippen molar-refractivity contribution in [1.29, 1.82) is 0 Å². The minimum atomic E-state index is -1.93. The van der Waals surface area contributed by atoms with E-state index in [4.69, 9.17) is 18.7 Å². The molecule has 1 aliphatic rings. The van der Waals surface area contributed by atoms with Gasteiger partial charge in [0.1, 0.15) is 0 Å². The third kappa shape index (κ3) is 6.92. The van der Waals surface area contributed by atoms with Gasteiger partial charge in [-0.3, -0.25) is 4.52 Å². The minimum absolute atomic E-state index is 0.171. The molecule has 0 radical (unpaired) electrons. The van der Waals surface area contributed by atoms with E-state index in [1.807, 2.05) is 13.8 Å². The second-order valence-electron chi connectivity index (χ2n) is 6.66. The Hall–Kier alpha value is -0.900. The molecule has 1 rings (SSSR count). The highest BCUT2D eigenvalue weighted by Gasteiger charge is 2.29. The lowest BCUT2D eigenvalue weighted by atomic mass is 9.71. The first kappa shape index (κ1) is 21.1. The summed E-state index contributed by atoms with van der Waals surface area (Å²) in [7, 11) is -1.93. The summed E-state index contributed by atoms with van der Waals surface area (Å²) in [5.41, 5.74) is 3.03. The summed E-state index contributed by atoms with van der Waals surface area (Å²) in [6, 6.07) is 0. The molecule has 5 nitrogen and oxygen atoms in total. The van der Waals surface area contributed by atoms with Crippen LogP contribution in [0.3, 0.4) is 0 Å². The van der Waals surface area contributed by atoms with Gasteiger partial charge in [-0.1, -0.05) is 25.0 Å². The summed E-state index contributed by atoms with van der Waals surface area (Å²) in [6.07, 6.45) is 6.02. The van der Waals surface area contributed by atoms with E-state index in [2.05, 4.69) is 20.8 Å². The van der Waals surface area contributed by atoms with Crippen molar-refractivity contribution < 1.29 is 23.5 Å². The monoisotopic (exact) mass is 359 g/mol. The molecule has 0 saturated heterocycles. The van der Waals surface area contributed by atoms with Crippen LogP contribution in [0.4, 0.5) is 0 Å². The summed E-state index contributed by atoms with van der Waals surface area (Å²) in [5.74, 6) is -0.576. The number of carboxylic acids is 1. The summed E-state index contributed by atoms with van der Waals surface area (Å²) >= 11 is 0. The van der Waals surface area contributed by atoms with Gasteiger partial charge in [0.15, 0.2) is 5.76 Å². The lowest BCUT2D eigenvalue weighted by molar-refractivity contribution is -0.131. The molecule has 0 aromatic carbocycles. The number of hydrogen-bond acceptors (Lipinski definition) is 4. The zero-order valence-corrected chi connectivity index (χ0v) is 16.6. The molecule has 0 atom stereocenters. The van der Waals surface area contributed by atoms with Crippen LogP contribution in [0.5, 0.6) is 0 Å². The fraction of sp³-hybridized carbons (Fsp3) is 0.722. The van der Waals surface area contributed by atoms with Crippen molar-refractivity contribution in [2.24, 2.45) is 5.41 Å². The minimum Gasteiger partial charge on any atom is -0.478 e. The largest absolute Gasteiger partial charge is 0.478 e. The van der Waals surface area contributed by atoms with E-state index in [-0.39, 0.29) is 5.41 Å². The van der Waals surface area contributed by atoms with E-state index in [1.54, 1.807) is 0 Å². The number of aliphatic carboxylic acids is 1. The average molecular weight is 359 g/mol. The third-order valence-corrected chi connectivity index (χ3v) is 5.81. The van der Waals surface area contributed by atoms with Crippen LogP contribution in [0.15, 0.2) is 23.0 Å². The molecule has 0 aromatic rings. The van der Waals surface area contributed by atoms with Crippen molar-refractivity contribution in [2.45, 2.75) is 66.7 Å². The van der Waals surface area contributed by atoms with Crippen LogP contribution in [0.25, 0.3) is 0 Å². The van der Waals surface area contributed by atoms with E-state index in [1.165, 1.54) is 24.0 Å². The van der Waals surface area contributed by atoms with Crippen LogP contribution in [0.2, 0.25) is 0 Å². The van der Waals surface area contributed by atoms with Gasteiger partial charge in [-0.05, 0) is 51.9 Å². The first-order valence-corrected chi connectivity index (χ1v) is 9.95. The van der Waals surface area contributed by atoms with Gasteiger partial charge in [-0.15, -0.1) is 0 Å². The van der Waals surface area contributed by atoms with E-state index < -0.39 is 14.6 Å². The second kappa shape index (κ2) is 10.2. The van der Waals surface area contributed by atoms with Crippen molar-refractivity contribution >= 4 is 14.6 Å². The molecule has 0 aliphatic heterocycles. The van der Waals surface area contributed by atoms with Gasteiger partial charge in [0.05, 0.1) is 19.3 Å². The number of carboxylic acid groups (broad SMARTS) is 1. The Morgan fingerprint density at radius 2 is 1.92 bits per heavy atom. The van der Waals surface area contributed by atoms with Gasteiger partial charge in [0.25, 0.3) is 0 Å². The number of carbonyl (C=O) groups is 1. The molecular formula is C18H32O5P+. The number of hydrogen-bond donors (Lipinski definition) is 1. The van der Waals surface area contributed by atoms with Crippen LogP contribution in [-0.4, -0.2) is 24.3 Å². The van der Waals surface area contributed by atoms with Gasteiger partial charge in [0.2, 0.25) is 0 Å². The molecule has 0 bridgehead atoms. The van der Waals surface area contributed by atoms with E-state index in [9.17, 15) is 4.79 Å². The molecule has 0 fully saturated rings. The van der Waals surface area contributed by atoms with Crippen molar-refractivity contribution in [1.82, 2.24) is 0 Å². The molecule has 0 saturated carbocycles. The first-order valence-electron chi connectivity index (χ1n) is 8.73. The molecule has 0 unspecified atom stereocenters. The van der Waals surface area contributed by atoms with Crippen LogP contribution < -0.4 is 0 Å². The topological polar surface area (TPSA) is 65.0 Å². The Morgan fingerprint density at radius 1 is 1.29 bits per heavy atom. The average Bonchev–Trinajstić information content (AvgIpc) is 2.45. The maximum Gasteiger partial charge on any atom is 0.443 e. The Labute approximate surface area is 147 Å². The van der Waals surface area contributed by atoms with Crippen molar-refractivity contribution in [3.63, 3.8) is 0 Å². The molecule has 24 heavy (non-hydrogen) atoms. The second-order valence-corrected chi connectivity index (χ2v) is 7.94. The normalized spacial score (nSPS) is 18.2. The Balaban J connectivity index is 2.81. The fourth-order valence-electron chi connectivity index (χ4n) is 3.21. The van der Waals surface area contributed by atoms with E-state index in [0.717, 1.165) is 18.9 Å². The summed E-state index contributed by atoms with van der Waals surface area (Å²) in [6.45, 7) is 11.4. The smallest absolute Gasteiger partial charge is 0.443 e. The summed E-state index contributed by atoms with van der Waals surface area (Å²) in [5, 5.41) is 9.11. The maximum absolute atomic E-state index is 11.1. The molecule has 0 spiro atoms. The SMILES string of the molecule is CCO[PH+](OCC)O/C(=C\C(=O)O)CCC1=C(C)CCCC1(C)C. The molecule has 1 N–H and O–H groups in total. The maximum atomic E-state index is 11.1. The molecule has 1 aliphatic carbocycles. The van der Waals surface area contributed by atoms with Crippen molar-refractivity contribution in [2.75, 3.05) is 13.2 Å². The van der Waals surface area contributed by atoms with Crippen molar-refractivity contribution in [3.05, 3.63) is 23.0 Å². The quantitative estimate of drug-likeness (QED) is 0.248. The predicted octanol–water partition coefficient (Wildman–Crippen LogP) is 5.31. The van der Waals surface area contributed by atoms with Crippen LogP contribution in [0, 0.1) is 5.41 Å². The fourth-order valence-corrected chi connectivity index (χ4v) is 4.26. The highest BCUT2D eigenvalue weighted by molar-refractivity contribution is 7.41. The van der Waals surface area contributed by atoms with Crippen molar-refractivity contribution in [3.8, 4) is 0 Å². The highest BCUT2D eigenvalue weighted by Crippen LogP contribution is 2.45. The van der Waals surface area contributed by atoms with Gasteiger partial charge >= 0.3 is 14.6 Å². The lowest BCUT2D eigenvalue weighted by Crippen LogP contribution is -2.20. The molecular weight excluding hydrogens is 327 g/mol. The molecule has 0 aromatic heterocycles. The van der Waals surface area contributed by atoms with E-state index >= 15 is 0 Å². The van der Waals surface area contributed by atoms with Gasteiger partial charge in [-0.2, -0.15) is 9.05 Å². The molecule has 0 amide bonds. The standard InChI is InChI=1S/C18H31O5P/c1-6-21-24(22-7-2)23-15(13-17(19)20)10-11-16-14(3)9-8-12-18(16,4)5/h13,24H,6-12H2,1-5H3/p+1/b15-13-. The van der Waals surface area contributed by atoms with Gasteiger partial charge in [0, 0.05) is 6.42 Å². The third-order valence-electron chi connectivity index (χ3n) is 4.33. The lowest BCUT2D eigenvalue weighted by Gasteiger charge is -2.34. The van der Waals surface area contributed by atoms with Crippen LogP contribution >= 0.6 is 8.60 Å². The van der Waals surface area contributed by atoms with Gasteiger partial charge < -0.3 is 5.11 Å². The van der Waals surface area contributed by atoms with Gasteiger partial charge in [-0.25, -0.2) is 4.79 Å². The Kier molecular flexibility index (Phi) is 8.96. The van der Waals surface area contributed by atoms with Crippen LogP contribution in [0.1, 0.15) is 66.7 Å². The first-order chi connectivity index (χ1) is 11.3. The Bertz CT molecular complexity index is 476. The zero-order chi connectivity index (χ0) is 18.2. The number of rotatable bonds is 10. The molecule has 0 heterocycles. The van der Waals surface area contributed by atoms with Crippen LogP contribution in [-0.2, 0) is 18.4 Å². The van der Waals surface area contributed by atoms with E-state index in [0.29, 0.717) is 25.4 Å². The zero-order valence-electron chi connectivity index (χ0n) is 15.6. The highest BCUT2D eigenvalue weighted by atomic mass is 31.2. The summed E-state index contributed by atoms with van der Waals surface area (Å²) in [4.78, 5) is 11.1.